The van der Waals surface area contributed by atoms with Crippen molar-refractivity contribution in [2.24, 2.45) is 0 Å². The molecule has 0 aromatic heterocycles. The Morgan fingerprint density at radius 3 is 2.32 bits per heavy atom. The van der Waals surface area contributed by atoms with Crippen molar-refractivity contribution in [1.82, 2.24) is 0 Å². The van der Waals surface area contributed by atoms with E-state index in [9.17, 15) is 4.79 Å². The number of hydrogen-bond acceptors (Lipinski definition) is 3. The van der Waals surface area contributed by atoms with Crippen LogP contribution in [0.3, 0.4) is 0 Å². The molecule has 22 heavy (non-hydrogen) atoms. The average Bonchev–Trinajstić information content (AvgIpc) is 2.50. The lowest BCUT2D eigenvalue weighted by atomic mass is 10.1. The molecule has 0 radical (unpaired) electrons. The van der Waals surface area contributed by atoms with E-state index in [2.05, 4.69) is 24.0 Å². The molecule has 2 N–H and O–H groups in total. The van der Waals surface area contributed by atoms with Gasteiger partial charge in [-0.05, 0) is 38.2 Å². The van der Waals surface area contributed by atoms with Crippen molar-refractivity contribution in [1.29, 1.82) is 0 Å². The number of allylic oxidation sites excluding steroid dienone is 4. The lowest BCUT2D eigenvalue weighted by Crippen LogP contribution is -1.93. The van der Waals surface area contributed by atoms with E-state index in [1.165, 1.54) is 0 Å². The predicted octanol–water partition coefficient (Wildman–Crippen LogP) is 5.70. The van der Waals surface area contributed by atoms with Crippen LogP contribution in [0.5, 0.6) is 0 Å². The second-order valence-corrected chi connectivity index (χ2v) is 5.63. The first kappa shape index (κ1) is 20.7. The molecule has 0 aromatic rings. The van der Waals surface area contributed by atoms with E-state index >= 15 is 0 Å². The molecule has 128 valence electrons. The van der Waals surface area contributed by atoms with Crippen molar-refractivity contribution in [3.63, 3.8) is 0 Å². The smallest absolute Gasteiger partial charge is 0.303 e. The van der Waals surface area contributed by atoms with Crippen LogP contribution < -0.4 is 0 Å². The molecule has 0 aliphatic rings. The Kier molecular flexibility index (Phi) is 15.1. The van der Waals surface area contributed by atoms with E-state index < -0.39 is 5.97 Å². The van der Waals surface area contributed by atoms with Gasteiger partial charge in [0.15, 0.2) is 0 Å². The molecule has 0 aliphatic heterocycles. The van der Waals surface area contributed by atoms with E-state index in [0.29, 0.717) is 12.2 Å². The molecule has 0 aromatic carbocycles. The van der Waals surface area contributed by atoms with Gasteiger partial charge in [-0.2, -0.15) is 0 Å². The molecule has 0 spiro atoms. The maximum Gasteiger partial charge on any atom is 0.303 e. The maximum atomic E-state index is 10.3. The van der Waals surface area contributed by atoms with Crippen LogP contribution in [0.25, 0.3) is 0 Å². The van der Waals surface area contributed by atoms with Gasteiger partial charge in [-0.25, -0.2) is 5.26 Å². The van der Waals surface area contributed by atoms with E-state index in [1.54, 1.807) is 0 Å². The Morgan fingerprint density at radius 2 is 1.64 bits per heavy atom. The highest BCUT2D eigenvalue weighted by molar-refractivity contribution is 5.66. The molecular weight excluding hydrogens is 280 g/mol. The maximum absolute atomic E-state index is 10.3. The third kappa shape index (κ3) is 15.1. The van der Waals surface area contributed by atoms with Gasteiger partial charge >= 0.3 is 5.97 Å². The summed E-state index contributed by atoms with van der Waals surface area (Å²) >= 11 is 0. The monoisotopic (exact) mass is 312 g/mol. The molecule has 0 unspecified atom stereocenters. The van der Waals surface area contributed by atoms with Crippen LogP contribution in [0.4, 0.5) is 0 Å². The molecule has 0 saturated carbocycles. The molecule has 0 fully saturated rings. The Morgan fingerprint density at radius 1 is 0.955 bits per heavy atom. The van der Waals surface area contributed by atoms with Gasteiger partial charge in [-0.3, -0.25) is 4.79 Å². The van der Waals surface area contributed by atoms with E-state index in [0.717, 1.165) is 70.6 Å². The minimum Gasteiger partial charge on any atom is -0.481 e. The van der Waals surface area contributed by atoms with Gasteiger partial charge < -0.3 is 9.99 Å². The summed E-state index contributed by atoms with van der Waals surface area (Å²) in [6.45, 7) is 2.15. The Hall–Kier alpha value is -1.29. The standard InChI is InChI=1S/C18H32O4/c1-2-3-11-14-17(22-21)15-12-9-7-5-4-6-8-10-13-16-18(19)20/h7,9,15,21H,2-6,8,10-14,16H2,1H3,(H,19,20). The zero-order chi connectivity index (χ0) is 16.5. The van der Waals surface area contributed by atoms with E-state index in [-0.39, 0.29) is 0 Å². The summed E-state index contributed by atoms with van der Waals surface area (Å²) in [7, 11) is 0. The summed E-state index contributed by atoms with van der Waals surface area (Å²) in [5, 5.41) is 17.3. The number of hydrogen-bond donors (Lipinski definition) is 2. The van der Waals surface area contributed by atoms with E-state index in [1.807, 2.05) is 6.08 Å². The normalized spacial score (nSPS) is 12.0. The van der Waals surface area contributed by atoms with Crippen molar-refractivity contribution in [2.75, 3.05) is 0 Å². The number of carboxylic acid groups (broad SMARTS) is 1. The topological polar surface area (TPSA) is 66.8 Å². The summed E-state index contributed by atoms with van der Waals surface area (Å²) in [6, 6.07) is 0. The fourth-order valence-corrected chi connectivity index (χ4v) is 2.22. The third-order valence-electron chi connectivity index (χ3n) is 3.55. The lowest BCUT2D eigenvalue weighted by Gasteiger charge is -2.02. The van der Waals surface area contributed by atoms with Gasteiger partial charge in [0.2, 0.25) is 0 Å². The first-order valence-electron chi connectivity index (χ1n) is 8.58. The SMILES string of the molecule is CCCCCC(=CCC=CCCCCCCCC(=O)O)OO. The molecule has 4 nitrogen and oxygen atoms in total. The van der Waals surface area contributed by atoms with Crippen molar-refractivity contribution in [3.8, 4) is 0 Å². The molecule has 0 rings (SSSR count). The van der Waals surface area contributed by atoms with Gasteiger partial charge in [0, 0.05) is 12.8 Å². The van der Waals surface area contributed by atoms with Crippen LogP contribution in [0.15, 0.2) is 24.0 Å². The largest absolute Gasteiger partial charge is 0.481 e. The minimum absolute atomic E-state index is 0.291. The Bertz CT molecular complexity index is 321. The first-order chi connectivity index (χ1) is 10.7. The molecule has 0 atom stereocenters. The fraction of sp³-hybridized carbons (Fsp3) is 0.722. The lowest BCUT2D eigenvalue weighted by molar-refractivity contribution is -0.206. The van der Waals surface area contributed by atoms with Crippen LogP contribution in [0.1, 0.15) is 84.0 Å². The number of carboxylic acids is 1. The second-order valence-electron chi connectivity index (χ2n) is 5.63. The Balaban J connectivity index is 3.50. The van der Waals surface area contributed by atoms with Gasteiger partial charge in [-0.15, -0.1) is 0 Å². The molecule has 0 amide bonds. The zero-order valence-corrected chi connectivity index (χ0v) is 13.9. The van der Waals surface area contributed by atoms with Gasteiger partial charge in [0.1, 0.15) is 5.76 Å². The first-order valence-corrected chi connectivity index (χ1v) is 8.58. The third-order valence-corrected chi connectivity index (χ3v) is 3.55. The molecule has 0 saturated heterocycles. The van der Waals surface area contributed by atoms with Crippen LogP contribution in [0, 0.1) is 0 Å². The fourth-order valence-electron chi connectivity index (χ4n) is 2.22. The van der Waals surface area contributed by atoms with Crippen LogP contribution in [0.2, 0.25) is 0 Å². The highest BCUT2D eigenvalue weighted by Crippen LogP contribution is 2.11. The quantitative estimate of drug-likeness (QED) is 0.134. The zero-order valence-electron chi connectivity index (χ0n) is 13.9. The molecule has 0 bridgehead atoms. The Labute approximate surface area is 134 Å². The van der Waals surface area contributed by atoms with Gasteiger partial charge in [0.25, 0.3) is 0 Å². The average molecular weight is 312 g/mol. The minimum atomic E-state index is -0.697. The van der Waals surface area contributed by atoms with Crippen LogP contribution in [-0.2, 0) is 9.68 Å². The van der Waals surface area contributed by atoms with Crippen molar-refractivity contribution in [2.45, 2.75) is 84.0 Å². The number of rotatable bonds is 15. The van der Waals surface area contributed by atoms with Crippen molar-refractivity contribution >= 4 is 5.97 Å². The highest BCUT2D eigenvalue weighted by atomic mass is 17.1. The van der Waals surface area contributed by atoms with Crippen molar-refractivity contribution < 1.29 is 20.0 Å². The van der Waals surface area contributed by atoms with Crippen molar-refractivity contribution in [3.05, 3.63) is 24.0 Å². The molecule has 4 heteroatoms. The number of unbranched alkanes of at least 4 members (excludes halogenated alkanes) is 7. The summed E-state index contributed by atoms with van der Waals surface area (Å²) in [6.07, 6.45) is 17.7. The highest BCUT2D eigenvalue weighted by Gasteiger charge is 1.97. The van der Waals surface area contributed by atoms with E-state index in [4.69, 9.17) is 10.4 Å². The summed E-state index contributed by atoms with van der Waals surface area (Å²) in [4.78, 5) is 14.7. The van der Waals surface area contributed by atoms with Gasteiger partial charge in [0.05, 0.1) is 0 Å². The number of aliphatic carboxylic acids is 1. The summed E-state index contributed by atoms with van der Waals surface area (Å²) < 4.78 is 0. The van der Waals surface area contributed by atoms with Crippen LogP contribution >= 0.6 is 0 Å². The second kappa shape index (κ2) is 16.1. The van der Waals surface area contributed by atoms with Crippen LogP contribution in [-0.4, -0.2) is 16.3 Å². The molecule has 0 aliphatic carbocycles. The summed E-state index contributed by atoms with van der Waals surface area (Å²) in [5.41, 5.74) is 0. The molecular formula is C18H32O4. The number of carbonyl (C=O) groups is 1. The predicted molar refractivity (Wildman–Crippen MR) is 89.7 cm³/mol. The van der Waals surface area contributed by atoms with Gasteiger partial charge in [-0.1, -0.05) is 51.2 Å². The molecule has 0 heterocycles. The summed E-state index contributed by atoms with van der Waals surface area (Å²) in [5.74, 6) is -0.0339.